The molecular weight excluding hydrogens is 402 g/mol. The molecule has 0 saturated carbocycles. The van der Waals surface area contributed by atoms with Crippen LogP contribution < -0.4 is 5.32 Å². The van der Waals surface area contributed by atoms with Crippen LogP contribution in [0.25, 0.3) is 22.1 Å². The maximum atomic E-state index is 12.1. The molecule has 2 N–H and O–H groups in total. The van der Waals surface area contributed by atoms with E-state index in [1.807, 2.05) is 60.0 Å². The van der Waals surface area contributed by atoms with Crippen molar-refractivity contribution in [2.24, 2.45) is 0 Å². The minimum absolute atomic E-state index is 0.0913. The van der Waals surface area contributed by atoms with E-state index >= 15 is 0 Å². The predicted octanol–water partition coefficient (Wildman–Crippen LogP) is 5.08. The van der Waals surface area contributed by atoms with E-state index in [1.54, 1.807) is 11.3 Å². The molecule has 152 valence electrons. The number of carbonyl (C=O) groups is 2. The summed E-state index contributed by atoms with van der Waals surface area (Å²) >= 11 is 1.63. The number of carbonyl (C=O) groups excluding carboxylic acids is 1. The Morgan fingerprint density at radius 3 is 2.63 bits per heavy atom. The molecule has 2 aromatic carbocycles. The van der Waals surface area contributed by atoms with Crippen molar-refractivity contribution in [3.63, 3.8) is 0 Å². The number of carboxylic acids is 1. The number of furan rings is 1. The van der Waals surface area contributed by atoms with E-state index in [0.29, 0.717) is 11.3 Å². The molecule has 6 nitrogen and oxygen atoms in total. The van der Waals surface area contributed by atoms with Gasteiger partial charge in [0.15, 0.2) is 6.61 Å². The molecule has 0 fully saturated rings. The third-order valence-electron chi connectivity index (χ3n) is 4.64. The van der Waals surface area contributed by atoms with Crippen molar-refractivity contribution >= 4 is 34.4 Å². The topological polar surface area (TPSA) is 88.8 Å². The van der Waals surface area contributed by atoms with Gasteiger partial charge in [-0.25, -0.2) is 9.59 Å². The molecule has 0 spiro atoms. The standard InChI is InChI=1S/C23H19NO5S/c25-22(26)20(10-15-4-2-1-3-5-15)24-23(27)28-13-19-12-18-11-16(6-7-21(18)29-19)17-8-9-30-14-17/h1-9,11-12,14,20H,10,13H2,(H,24,27)(H,25,26). The highest BCUT2D eigenvalue weighted by atomic mass is 32.1. The third kappa shape index (κ3) is 4.69. The van der Waals surface area contributed by atoms with Crippen molar-refractivity contribution in [2.45, 2.75) is 19.1 Å². The normalized spacial score (nSPS) is 11.9. The number of hydrogen-bond acceptors (Lipinski definition) is 5. The van der Waals surface area contributed by atoms with Gasteiger partial charge in [-0.15, -0.1) is 0 Å². The van der Waals surface area contributed by atoms with Gasteiger partial charge in [-0.2, -0.15) is 11.3 Å². The van der Waals surface area contributed by atoms with Gasteiger partial charge in [0, 0.05) is 11.8 Å². The second kappa shape index (κ2) is 8.84. The lowest BCUT2D eigenvalue weighted by Crippen LogP contribution is -2.42. The average molecular weight is 421 g/mol. The zero-order valence-corrected chi connectivity index (χ0v) is 16.7. The highest BCUT2D eigenvalue weighted by molar-refractivity contribution is 7.08. The van der Waals surface area contributed by atoms with Crippen LogP contribution in [-0.4, -0.2) is 23.2 Å². The average Bonchev–Trinajstić information content (AvgIpc) is 3.41. The number of aliphatic carboxylic acids is 1. The van der Waals surface area contributed by atoms with Crippen molar-refractivity contribution < 1.29 is 23.8 Å². The van der Waals surface area contributed by atoms with E-state index in [2.05, 4.69) is 16.8 Å². The van der Waals surface area contributed by atoms with Crippen LogP contribution in [0.5, 0.6) is 0 Å². The molecule has 1 atom stereocenters. The smallest absolute Gasteiger partial charge is 0.408 e. The van der Waals surface area contributed by atoms with E-state index in [-0.39, 0.29) is 13.0 Å². The summed E-state index contributed by atoms with van der Waals surface area (Å²) < 4.78 is 10.9. The van der Waals surface area contributed by atoms with Crippen LogP contribution in [-0.2, 0) is 22.6 Å². The van der Waals surface area contributed by atoms with E-state index < -0.39 is 18.1 Å². The van der Waals surface area contributed by atoms with Gasteiger partial charge >= 0.3 is 12.1 Å². The molecule has 1 amide bonds. The number of carboxylic acid groups (broad SMARTS) is 1. The van der Waals surface area contributed by atoms with Crippen LogP contribution in [0.3, 0.4) is 0 Å². The quantitative estimate of drug-likeness (QED) is 0.434. The fourth-order valence-electron chi connectivity index (χ4n) is 3.15. The molecule has 30 heavy (non-hydrogen) atoms. The molecule has 2 heterocycles. The Kier molecular flexibility index (Phi) is 5.81. The second-order valence-corrected chi connectivity index (χ2v) is 7.56. The third-order valence-corrected chi connectivity index (χ3v) is 5.32. The molecule has 0 aliphatic heterocycles. The van der Waals surface area contributed by atoms with Crippen LogP contribution in [0, 0.1) is 0 Å². The molecule has 0 bridgehead atoms. The van der Waals surface area contributed by atoms with Crippen molar-refractivity contribution in [3.8, 4) is 11.1 Å². The summed E-state index contributed by atoms with van der Waals surface area (Å²) in [6, 6.07) is 17.8. The first-order chi connectivity index (χ1) is 14.6. The summed E-state index contributed by atoms with van der Waals surface area (Å²) in [7, 11) is 0. The maximum Gasteiger partial charge on any atom is 0.408 e. The fraction of sp³-hybridized carbons (Fsp3) is 0.130. The van der Waals surface area contributed by atoms with Gasteiger partial charge < -0.3 is 19.6 Å². The van der Waals surface area contributed by atoms with Crippen molar-refractivity contribution in [1.82, 2.24) is 5.32 Å². The molecule has 7 heteroatoms. The van der Waals surface area contributed by atoms with Crippen LogP contribution in [0.4, 0.5) is 4.79 Å². The number of thiophene rings is 1. The Morgan fingerprint density at radius 1 is 1.07 bits per heavy atom. The Hall–Kier alpha value is -3.58. The van der Waals surface area contributed by atoms with Crippen molar-refractivity contribution in [2.75, 3.05) is 0 Å². The highest BCUT2D eigenvalue weighted by Gasteiger charge is 2.21. The molecule has 1 unspecified atom stereocenters. The van der Waals surface area contributed by atoms with Crippen LogP contribution in [0.2, 0.25) is 0 Å². The first-order valence-electron chi connectivity index (χ1n) is 9.33. The summed E-state index contributed by atoms with van der Waals surface area (Å²) in [5.74, 6) is -0.641. The van der Waals surface area contributed by atoms with Gasteiger partial charge in [-0.1, -0.05) is 36.4 Å². The monoisotopic (exact) mass is 421 g/mol. The maximum absolute atomic E-state index is 12.1. The minimum atomic E-state index is -1.12. The number of fused-ring (bicyclic) bond motifs is 1. The van der Waals surface area contributed by atoms with Crippen molar-refractivity contribution in [1.29, 1.82) is 0 Å². The number of amides is 1. The molecule has 2 aromatic heterocycles. The van der Waals surface area contributed by atoms with Gasteiger partial charge in [0.25, 0.3) is 0 Å². The van der Waals surface area contributed by atoms with Gasteiger partial charge in [-0.05, 0) is 51.7 Å². The number of benzene rings is 2. The minimum Gasteiger partial charge on any atom is -0.480 e. The number of rotatable bonds is 7. The Morgan fingerprint density at radius 2 is 1.90 bits per heavy atom. The lowest BCUT2D eigenvalue weighted by Gasteiger charge is -2.14. The van der Waals surface area contributed by atoms with E-state index in [1.165, 1.54) is 0 Å². The van der Waals surface area contributed by atoms with Gasteiger partial charge in [0.05, 0.1) is 0 Å². The zero-order valence-electron chi connectivity index (χ0n) is 15.9. The lowest BCUT2D eigenvalue weighted by atomic mass is 10.1. The van der Waals surface area contributed by atoms with E-state index in [0.717, 1.165) is 22.1 Å². The van der Waals surface area contributed by atoms with Crippen LogP contribution in [0.15, 0.2) is 75.8 Å². The van der Waals surface area contributed by atoms with Gasteiger partial charge in [-0.3, -0.25) is 0 Å². The lowest BCUT2D eigenvalue weighted by molar-refractivity contribution is -0.139. The predicted molar refractivity (Wildman–Crippen MR) is 114 cm³/mol. The highest BCUT2D eigenvalue weighted by Crippen LogP contribution is 2.28. The number of alkyl carbamates (subject to hydrolysis) is 1. The molecule has 4 aromatic rings. The molecule has 0 saturated heterocycles. The SMILES string of the molecule is O=C(NC(Cc1ccccc1)C(=O)O)OCc1cc2cc(-c3ccsc3)ccc2o1. The van der Waals surface area contributed by atoms with E-state index in [4.69, 9.17) is 9.15 Å². The van der Waals surface area contributed by atoms with Crippen molar-refractivity contribution in [3.05, 3.63) is 82.7 Å². The molecule has 0 aliphatic carbocycles. The summed E-state index contributed by atoms with van der Waals surface area (Å²) in [5.41, 5.74) is 3.72. The molecule has 0 radical (unpaired) electrons. The fourth-order valence-corrected chi connectivity index (χ4v) is 3.81. The molecule has 0 aliphatic rings. The number of hydrogen-bond donors (Lipinski definition) is 2. The van der Waals surface area contributed by atoms with Crippen LogP contribution >= 0.6 is 11.3 Å². The largest absolute Gasteiger partial charge is 0.480 e. The zero-order chi connectivity index (χ0) is 20.9. The molecule has 4 rings (SSSR count). The first-order valence-corrected chi connectivity index (χ1v) is 10.3. The summed E-state index contributed by atoms with van der Waals surface area (Å²) in [6.45, 7) is -0.0913. The summed E-state index contributed by atoms with van der Waals surface area (Å²) in [4.78, 5) is 23.6. The van der Waals surface area contributed by atoms with Gasteiger partial charge in [0.1, 0.15) is 17.4 Å². The second-order valence-electron chi connectivity index (χ2n) is 6.78. The first kappa shape index (κ1) is 19.7. The number of ether oxygens (including phenoxy) is 1. The Bertz CT molecular complexity index is 1150. The van der Waals surface area contributed by atoms with Gasteiger partial charge in [0.2, 0.25) is 0 Å². The van der Waals surface area contributed by atoms with E-state index in [9.17, 15) is 14.7 Å². The Labute approximate surface area is 176 Å². The van der Waals surface area contributed by atoms with Crippen LogP contribution in [0.1, 0.15) is 11.3 Å². The summed E-state index contributed by atoms with van der Waals surface area (Å²) in [6.07, 6.45) is -0.640. The number of nitrogens with one attached hydrogen (secondary N) is 1. The Balaban J connectivity index is 1.38. The molecular formula is C23H19NO5S. The summed E-state index contributed by atoms with van der Waals surface area (Å²) in [5, 5.41) is 16.8.